The van der Waals surface area contributed by atoms with Gasteiger partial charge in [0.05, 0.1) is 19.0 Å². The summed E-state index contributed by atoms with van der Waals surface area (Å²) in [7, 11) is 0. The van der Waals surface area contributed by atoms with Crippen molar-refractivity contribution in [3.63, 3.8) is 0 Å². The molecule has 1 aliphatic rings. The second kappa shape index (κ2) is 4.96. The molecule has 2 aromatic rings. The van der Waals surface area contributed by atoms with E-state index in [1.807, 2.05) is 18.2 Å². The minimum atomic E-state index is -0.0717. The largest absolute Gasteiger partial charge is 0.469 e. The zero-order valence-electron chi connectivity index (χ0n) is 10.2. The van der Waals surface area contributed by atoms with Crippen LogP contribution in [0.25, 0.3) is 0 Å². The first-order valence-corrected chi connectivity index (χ1v) is 6.32. The van der Waals surface area contributed by atoms with Crippen molar-refractivity contribution < 1.29 is 9.15 Å². The summed E-state index contributed by atoms with van der Waals surface area (Å²) in [5.41, 5.74) is 8.84. The van der Waals surface area contributed by atoms with E-state index in [1.54, 1.807) is 6.26 Å². The molecular weight excluding hydrogens is 226 g/mol. The third-order valence-electron chi connectivity index (χ3n) is 3.44. The van der Waals surface area contributed by atoms with Gasteiger partial charge >= 0.3 is 0 Å². The van der Waals surface area contributed by atoms with E-state index in [2.05, 4.69) is 18.2 Å². The van der Waals surface area contributed by atoms with E-state index >= 15 is 0 Å². The highest BCUT2D eigenvalue weighted by atomic mass is 16.5. The Bertz CT molecular complexity index is 507. The van der Waals surface area contributed by atoms with Crippen LogP contribution in [0.1, 0.15) is 23.0 Å². The van der Waals surface area contributed by atoms with Gasteiger partial charge in [-0.05, 0) is 29.7 Å². The molecule has 2 atom stereocenters. The van der Waals surface area contributed by atoms with Gasteiger partial charge in [0.25, 0.3) is 0 Å². The van der Waals surface area contributed by atoms with Crippen molar-refractivity contribution >= 4 is 0 Å². The number of benzene rings is 1. The molecule has 0 radical (unpaired) electrons. The predicted octanol–water partition coefficient (Wildman–Crippen LogP) is 2.46. The second-order valence-corrected chi connectivity index (χ2v) is 4.69. The molecular formula is C15H17NO2. The van der Waals surface area contributed by atoms with Gasteiger partial charge in [0, 0.05) is 12.5 Å². The Hall–Kier alpha value is -1.58. The van der Waals surface area contributed by atoms with Crippen molar-refractivity contribution in [1.82, 2.24) is 0 Å². The summed E-state index contributed by atoms with van der Waals surface area (Å²) in [6.45, 7) is 0.744. The Labute approximate surface area is 107 Å². The van der Waals surface area contributed by atoms with Gasteiger partial charge in [-0.15, -0.1) is 0 Å². The van der Waals surface area contributed by atoms with Gasteiger partial charge in [-0.25, -0.2) is 0 Å². The van der Waals surface area contributed by atoms with Crippen LogP contribution in [0.4, 0.5) is 0 Å². The van der Waals surface area contributed by atoms with Crippen LogP contribution in [0.3, 0.4) is 0 Å². The highest BCUT2D eigenvalue weighted by molar-refractivity contribution is 5.32. The summed E-state index contributed by atoms with van der Waals surface area (Å²) in [5.74, 6) is 0.911. The number of furan rings is 1. The van der Waals surface area contributed by atoms with Crippen molar-refractivity contribution in [2.24, 2.45) is 5.73 Å². The smallest absolute Gasteiger partial charge is 0.105 e. The maximum atomic E-state index is 6.27. The molecule has 3 heteroatoms. The molecule has 0 amide bonds. The van der Waals surface area contributed by atoms with E-state index in [0.717, 1.165) is 18.8 Å². The molecule has 2 heterocycles. The highest BCUT2D eigenvalue weighted by Gasteiger charge is 2.26. The number of hydrogen-bond acceptors (Lipinski definition) is 3. The summed E-state index contributed by atoms with van der Waals surface area (Å²) in [6, 6.07) is 12.1. The van der Waals surface area contributed by atoms with Gasteiger partial charge < -0.3 is 14.9 Å². The van der Waals surface area contributed by atoms with E-state index in [1.165, 1.54) is 11.1 Å². The lowest BCUT2D eigenvalue weighted by Gasteiger charge is -2.30. The Morgan fingerprint density at radius 1 is 1.22 bits per heavy atom. The summed E-state index contributed by atoms with van der Waals surface area (Å²) < 4.78 is 11.2. The minimum absolute atomic E-state index is 0.0277. The third-order valence-corrected chi connectivity index (χ3v) is 3.44. The van der Waals surface area contributed by atoms with E-state index < -0.39 is 0 Å². The van der Waals surface area contributed by atoms with Crippen LogP contribution < -0.4 is 5.73 Å². The van der Waals surface area contributed by atoms with Crippen molar-refractivity contribution in [3.05, 3.63) is 59.5 Å². The van der Waals surface area contributed by atoms with Crippen LogP contribution in [-0.2, 0) is 17.6 Å². The Kier molecular flexibility index (Phi) is 3.17. The average Bonchev–Trinajstić information content (AvgIpc) is 2.91. The van der Waals surface area contributed by atoms with Crippen LogP contribution in [0, 0.1) is 0 Å². The highest BCUT2D eigenvalue weighted by Crippen LogP contribution is 2.30. The molecule has 0 saturated heterocycles. The number of ether oxygens (including phenoxy) is 1. The van der Waals surface area contributed by atoms with Gasteiger partial charge in [0.15, 0.2) is 0 Å². The number of hydrogen-bond donors (Lipinski definition) is 1. The average molecular weight is 243 g/mol. The van der Waals surface area contributed by atoms with Crippen LogP contribution in [0.2, 0.25) is 0 Å². The second-order valence-electron chi connectivity index (χ2n) is 4.69. The first kappa shape index (κ1) is 11.5. The monoisotopic (exact) mass is 243 g/mol. The van der Waals surface area contributed by atoms with Crippen LogP contribution in [0.5, 0.6) is 0 Å². The molecule has 94 valence electrons. The van der Waals surface area contributed by atoms with Crippen molar-refractivity contribution in [2.75, 3.05) is 6.61 Å². The van der Waals surface area contributed by atoms with Crippen molar-refractivity contribution in [2.45, 2.75) is 25.0 Å². The number of rotatable bonds is 3. The van der Waals surface area contributed by atoms with Gasteiger partial charge in [0.1, 0.15) is 5.76 Å². The molecule has 3 nitrogen and oxygen atoms in total. The molecule has 0 saturated carbocycles. The van der Waals surface area contributed by atoms with E-state index in [4.69, 9.17) is 14.9 Å². The zero-order valence-corrected chi connectivity index (χ0v) is 10.2. The lowest BCUT2D eigenvalue weighted by molar-refractivity contribution is 0.0236. The fourth-order valence-electron chi connectivity index (χ4n) is 2.55. The molecule has 18 heavy (non-hydrogen) atoms. The molecule has 0 spiro atoms. The van der Waals surface area contributed by atoms with Crippen LogP contribution in [-0.4, -0.2) is 12.6 Å². The lowest BCUT2D eigenvalue weighted by Crippen LogP contribution is -2.35. The normalized spacial score (nSPS) is 20.4. The quantitative estimate of drug-likeness (QED) is 0.900. The summed E-state index contributed by atoms with van der Waals surface area (Å²) in [5, 5.41) is 0. The molecule has 1 aliphatic heterocycles. The fraction of sp³-hybridized carbons (Fsp3) is 0.333. The molecule has 2 N–H and O–H groups in total. The third kappa shape index (κ3) is 2.19. The molecule has 3 rings (SSSR count). The van der Waals surface area contributed by atoms with Gasteiger partial charge in [0.2, 0.25) is 0 Å². The van der Waals surface area contributed by atoms with E-state index in [9.17, 15) is 0 Å². The first-order chi connectivity index (χ1) is 8.84. The molecule has 2 unspecified atom stereocenters. The topological polar surface area (TPSA) is 48.4 Å². The summed E-state index contributed by atoms with van der Waals surface area (Å²) >= 11 is 0. The van der Waals surface area contributed by atoms with E-state index in [-0.39, 0.29) is 12.1 Å². The maximum absolute atomic E-state index is 6.27. The van der Waals surface area contributed by atoms with Gasteiger partial charge in [-0.2, -0.15) is 0 Å². The maximum Gasteiger partial charge on any atom is 0.105 e. The molecule has 0 aliphatic carbocycles. The van der Waals surface area contributed by atoms with Gasteiger partial charge in [-0.1, -0.05) is 24.3 Å². The molecule has 0 bridgehead atoms. The molecule has 1 aromatic carbocycles. The minimum Gasteiger partial charge on any atom is -0.469 e. The summed E-state index contributed by atoms with van der Waals surface area (Å²) in [4.78, 5) is 0. The van der Waals surface area contributed by atoms with Gasteiger partial charge in [-0.3, -0.25) is 0 Å². The Balaban J connectivity index is 1.80. The Morgan fingerprint density at radius 2 is 2.11 bits per heavy atom. The standard InChI is InChI=1S/C15H17NO2/c16-14(10-12-5-3-8-17-12)15-13-6-2-1-4-11(13)7-9-18-15/h1-6,8,14-15H,7,9-10,16H2. The van der Waals surface area contributed by atoms with Crippen molar-refractivity contribution in [1.29, 1.82) is 0 Å². The summed E-state index contributed by atoms with van der Waals surface area (Å²) in [6.07, 6.45) is 3.32. The fourth-order valence-corrected chi connectivity index (χ4v) is 2.55. The molecule has 0 fully saturated rings. The number of nitrogens with two attached hydrogens (primary N) is 1. The van der Waals surface area contributed by atoms with Crippen LogP contribution in [0.15, 0.2) is 47.1 Å². The predicted molar refractivity (Wildman–Crippen MR) is 69.2 cm³/mol. The number of fused-ring (bicyclic) bond motifs is 1. The molecule has 1 aromatic heterocycles. The SMILES string of the molecule is NC(Cc1ccco1)C1OCCc2ccccc21. The van der Waals surface area contributed by atoms with Crippen LogP contribution >= 0.6 is 0 Å². The zero-order chi connectivity index (χ0) is 12.4. The van der Waals surface area contributed by atoms with Crippen molar-refractivity contribution in [3.8, 4) is 0 Å². The first-order valence-electron chi connectivity index (χ1n) is 6.32. The lowest BCUT2D eigenvalue weighted by atomic mass is 9.92. The Morgan fingerprint density at radius 3 is 2.94 bits per heavy atom. The van der Waals surface area contributed by atoms with E-state index in [0.29, 0.717) is 6.42 Å².